The van der Waals surface area contributed by atoms with E-state index < -0.39 is 0 Å². The molecule has 134 valence electrons. The minimum absolute atomic E-state index is 0. The molecule has 0 saturated carbocycles. The van der Waals surface area contributed by atoms with E-state index in [1.807, 2.05) is 0 Å². The van der Waals surface area contributed by atoms with Crippen molar-refractivity contribution < 1.29 is 25.8 Å². The molecule has 3 rings (SSSR count). The molecule has 0 fully saturated rings. The summed E-state index contributed by atoms with van der Waals surface area (Å²) in [6.45, 7) is 11.3. The summed E-state index contributed by atoms with van der Waals surface area (Å²) < 4.78 is 0. The van der Waals surface area contributed by atoms with E-state index in [-0.39, 0.29) is 56.1 Å². The number of benzene rings is 2. The van der Waals surface area contributed by atoms with Gasteiger partial charge in [-0.3, -0.25) is 0 Å². The zero-order valence-electron chi connectivity index (χ0n) is 15.6. The maximum atomic E-state index is 2.35. The van der Waals surface area contributed by atoms with Crippen LogP contribution in [0.25, 0.3) is 21.9 Å². The van der Waals surface area contributed by atoms with Gasteiger partial charge in [-0.25, -0.2) is 0 Å². The molecule has 0 radical (unpaired) electrons. The summed E-state index contributed by atoms with van der Waals surface area (Å²) in [5.74, 6) is 0.573. The van der Waals surface area contributed by atoms with Gasteiger partial charge in [-0.1, -0.05) is 70.5 Å². The molecule has 3 heteroatoms. The van der Waals surface area contributed by atoms with E-state index in [9.17, 15) is 0 Å². The van der Waals surface area contributed by atoms with Crippen LogP contribution in [0.5, 0.6) is 0 Å². The van der Waals surface area contributed by atoms with Gasteiger partial charge in [0.1, 0.15) is 0 Å². The van der Waals surface area contributed by atoms with Crippen LogP contribution in [0.1, 0.15) is 51.7 Å². The third kappa shape index (κ3) is 5.25. The Hall–Kier alpha value is -0.500. The third-order valence-corrected chi connectivity index (χ3v) is 4.50. The van der Waals surface area contributed by atoms with E-state index in [2.05, 4.69) is 89.2 Å². The standard InChI is InChI=1S/C22H25.2ClH.Hf/c1-15(2)18-13-17-7-6-8-20(21(17)14-18)16-9-11-19(12-10-16)22(3,4)5;;;/h6-15H,1-5H3;2*1H;/q-1;;;. The Morgan fingerprint density at radius 3 is 2.00 bits per heavy atom. The second kappa shape index (κ2) is 9.44. The topological polar surface area (TPSA) is 0 Å². The van der Waals surface area contributed by atoms with Crippen molar-refractivity contribution >= 4 is 35.6 Å². The van der Waals surface area contributed by atoms with Crippen molar-refractivity contribution in [1.82, 2.24) is 0 Å². The van der Waals surface area contributed by atoms with Crippen LogP contribution in [0.15, 0.2) is 54.6 Å². The molecule has 3 aromatic carbocycles. The first kappa shape index (κ1) is 24.5. The Balaban J connectivity index is 0.00000192. The Morgan fingerprint density at radius 2 is 1.48 bits per heavy atom. The van der Waals surface area contributed by atoms with Gasteiger partial charge in [0.05, 0.1) is 0 Å². The van der Waals surface area contributed by atoms with E-state index in [1.54, 1.807) is 0 Å². The van der Waals surface area contributed by atoms with Gasteiger partial charge in [0.2, 0.25) is 0 Å². The molecule has 0 aliphatic heterocycles. The Labute approximate surface area is 183 Å². The summed E-state index contributed by atoms with van der Waals surface area (Å²) in [5.41, 5.74) is 5.65. The first-order valence-electron chi connectivity index (χ1n) is 8.16. The number of rotatable bonds is 2. The Kier molecular flexibility index (Phi) is 9.25. The van der Waals surface area contributed by atoms with Crippen molar-refractivity contribution in [3.8, 4) is 11.1 Å². The molecule has 0 spiro atoms. The SMILES string of the molecule is CC(C)c1cc2c(-c3ccc(C(C)(C)C)cc3)cccc2[cH-]1.Cl.Cl.[Hf]. The number of fused-ring (bicyclic) bond motifs is 1. The van der Waals surface area contributed by atoms with E-state index >= 15 is 0 Å². The zero-order chi connectivity index (χ0) is 15.9. The van der Waals surface area contributed by atoms with E-state index in [1.165, 1.54) is 33.0 Å². The molecule has 0 aromatic heterocycles. The summed E-state index contributed by atoms with van der Waals surface area (Å²) in [7, 11) is 0. The van der Waals surface area contributed by atoms with Crippen LogP contribution in [0, 0.1) is 0 Å². The maximum absolute atomic E-state index is 2.35. The monoisotopic (exact) mass is 541 g/mol. The second-order valence-corrected chi connectivity index (χ2v) is 7.58. The molecule has 0 unspecified atom stereocenters. The predicted molar refractivity (Wildman–Crippen MR) is 112 cm³/mol. The van der Waals surface area contributed by atoms with E-state index in [4.69, 9.17) is 0 Å². The van der Waals surface area contributed by atoms with Crippen LogP contribution in [0.2, 0.25) is 0 Å². The molecule has 0 N–H and O–H groups in total. The zero-order valence-corrected chi connectivity index (χ0v) is 20.8. The first-order valence-corrected chi connectivity index (χ1v) is 8.16. The number of halogens is 2. The van der Waals surface area contributed by atoms with Crippen molar-refractivity contribution in [3.05, 3.63) is 65.7 Å². The van der Waals surface area contributed by atoms with Crippen LogP contribution < -0.4 is 0 Å². The van der Waals surface area contributed by atoms with Crippen LogP contribution in [0.3, 0.4) is 0 Å². The van der Waals surface area contributed by atoms with Crippen molar-refractivity contribution in [2.75, 3.05) is 0 Å². The molecular formula is C22H27Cl2Hf-. The summed E-state index contributed by atoms with van der Waals surface area (Å²) in [5, 5.41) is 2.72. The molecule has 0 heterocycles. The molecular weight excluding hydrogens is 514 g/mol. The van der Waals surface area contributed by atoms with Crippen molar-refractivity contribution in [2.24, 2.45) is 0 Å². The van der Waals surface area contributed by atoms with Gasteiger partial charge in [-0.15, -0.1) is 59.3 Å². The fourth-order valence-electron chi connectivity index (χ4n) is 2.99. The van der Waals surface area contributed by atoms with Crippen molar-refractivity contribution in [1.29, 1.82) is 0 Å². The summed E-state index contributed by atoms with van der Waals surface area (Å²) in [4.78, 5) is 0. The molecule has 0 atom stereocenters. The van der Waals surface area contributed by atoms with Crippen LogP contribution in [0.4, 0.5) is 0 Å². The summed E-state index contributed by atoms with van der Waals surface area (Å²) in [6, 6.07) is 20.3. The second-order valence-electron chi connectivity index (χ2n) is 7.58. The molecule has 0 saturated heterocycles. The minimum Gasteiger partial charge on any atom is -0.164 e. The number of hydrogen-bond acceptors (Lipinski definition) is 0. The van der Waals surface area contributed by atoms with E-state index in [0.29, 0.717) is 5.92 Å². The van der Waals surface area contributed by atoms with Crippen LogP contribution in [-0.4, -0.2) is 0 Å². The van der Waals surface area contributed by atoms with E-state index in [0.717, 1.165) is 0 Å². The molecule has 0 aliphatic carbocycles. The quantitative estimate of drug-likeness (QED) is 0.233. The maximum Gasteiger partial charge on any atom is 0 e. The average molecular weight is 541 g/mol. The molecule has 3 aromatic rings. The molecule has 0 bridgehead atoms. The normalized spacial score (nSPS) is 10.8. The predicted octanol–water partition coefficient (Wildman–Crippen LogP) is 7.49. The first-order chi connectivity index (χ1) is 10.4. The van der Waals surface area contributed by atoms with Crippen molar-refractivity contribution in [3.63, 3.8) is 0 Å². The van der Waals surface area contributed by atoms with Gasteiger partial charge in [0, 0.05) is 25.8 Å². The summed E-state index contributed by atoms with van der Waals surface area (Å²) >= 11 is 0. The molecule has 0 nitrogen and oxygen atoms in total. The van der Waals surface area contributed by atoms with Gasteiger partial charge in [-0.05, 0) is 22.5 Å². The van der Waals surface area contributed by atoms with Gasteiger partial charge >= 0.3 is 0 Å². The Morgan fingerprint density at radius 1 is 0.880 bits per heavy atom. The fourth-order valence-corrected chi connectivity index (χ4v) is 2.99. The van der Waals surface area contributed by atoms with Gasteiger partial charge in [0.25, 0.3) is 0 Å². The van der Waals surface area contributed by atoms with Crippen molar-refractivity contribution in [2.45, 2.75) is 46.0 Å². The summed E-state index contributed by atoms with van der Waals surface area (Å²) in [6.07, 6.45) is 0. The van der Waals surface area contributed by atoms with Gasteiger partial charge < -0.3 is 0 Å². The molecule has 0 aliphatic rings. The fraction of sp³-hybridized carbons (Fsp3) is 0.318. The smallest absolute Gasteiger partial charge is 0 e. The largest absolute Gasteiger partial charge is 0.164 e. The van der Waals surface area contributed by atoms with Gasteiger partial charge in [-0.2, -0.15) is 6.07 Å². The number of hydrogen-bond donors (Lipinski definition) is 0. The molecule has 0 amide bonds. The average Bonchev–Trinajstić information content (AvgIpc) is 2.90. The Bertz CT molecular complexity index is 793. The van der Waals surface area contributed by atoms with Crippen LogP contribution in [-0.2, 0) is 31.3 Å². The van der Waals surface area contributed by atoms with Crippen LogP contribution >= 0.6 is 24.8 Å². The minimum atomic E-state index is 0. The third-order valence-electron chi connectivity index (χ3n) is 4.50. The molecule has 25 heavy (non-hydrogen) atoms. The van der Waals surface area contributed by atoms with Gasteiger partial charge in [0.15, 0.2) is 0 Å².